The molecule has 0 unspecified atom stereocenters. The summed E-state index contributed by atoms with van der Waals surface area (Å²) in [5.41, 5.74) is 1.85. The minimum Gasteiger partial charge on any atom is -0.335 e. The monoisotopic (exact) mass is 207 g/mol. The zero-order valence-corrected chi connectivity index (χ0v) is 8.76. The van der Waals surface area contributed by atoms with E-state index in [0.717, 1.165) is 0 Å². The Bertz CT molecular complexity index is 363. The number of amides is 2. The lowest BCUT2D eigenvalue weighted by molar-refractivity contribution is -0.121. The van der Waals surface area contributed by atoms with Crippen molar-refractivity contribution < 1.29 is 9.59 Å². The first-order chi connectivity index (χ1) is 6.94. The van der Waals surface area contributed by atoms with E-state index in [1.54, 1.807) is 13.8 Å². The molecule has 0 aromatic carbocycles. The Balaban J connectivity index is 2.63. The van der Waals surface area contributed by atoms with Crippen molar-refractivity contribution in [2.45, 2.75) is 32.2 Å². The van der Waals surface area contributed by atoms with E-state index in [4.69, 9.17) is 6.42 Å². The van der Waals surface area contributed by atoms with Crippen LogP contribution in [0, 0.1) is 12.3 Å². The van der Waals surface area contributed by atoms with Crippen LogP contribution in [0.15, 0.2) is 5.10 Å². The molecule has 0 spiro atoms. The first-order valence-corrected chi connectivity index (χ1v) is 4.60. The maximum Gasteiger partial charge on any atom is 0.268 e. The Labute approximate surface area is 88.3 Å². The molecule has 5 heteroatoms. The average Bonchev–Trinajstić information content (AvgIpc) is 2.18. The normalized spacial score (nSPS) is 16.1. The summed E-state index contributed by atoms with van der Waals surface area (Å²) < 4.78 is 0. The lowest BCUT2D eigenvalue weighted by atomic mass is 10.1. The fourth-order valence-electron chi connectivity index (χ4n) is 1.03. The molecule has 0 aromatic heterocycles. The predicted octanol–water partition coefficient (Wildman–Crippen LogP) is -0.220. The summed E-state index contributed by atoms with van der Waals surface area (Å²) in [6.45, 7) is 3.43. The van der Waals surface area contributed by atoms with Gasteiger partial charge in [0.2, 0.25) is 5.91 Å². The first-order valence-electron chi connectivity index (χ1n) is 4.60. The Morgan fingerprint density at radius 3 is 2.73 bits per heavy atom. The van der Waals surface area contributed by atoms with Crippen molar-refractivity contribution in [1.29, 1.82) is 0 Å². The van der Waals surface area contributed by atoms with Gasteiger partial charge in [-0.1, -0.05) is 5.92 Å². The molecule has 0 radical (unpaired) electrons. The molecule has 0 atom stereocenters. The van der Waals surface area contributed by atoms with Gasteiger partial charge in [-0.3, -0.25) is 9.59 Å². The van der Waals surface area contributed by atoms with Crippen molar-refractivity contribution in [3.63, 3.8) is 0 Å². The second-order valence-corrected chi connectivity index (χ2v) is 3.82. The highest BCUT2D eigenvalue weighted by Gasteiger charge is 2.23. The van der Waals surface area contributed by atoms with Crippen LogP contribution in [0.2, 0.25) is 0 Å². The van der Waals surface area contributed by atoms with Crippen LogP contribution in [0.3, 0.4) is 0 Å². The highest BCUT2D eigenvalue weighted by molar-refractivity contribution is 6.39. The molecule has 0 bridgehead atoms. The minimum absolute atomic E-state index is 0.178. The summed E-state index contributed by atoms with van der Waals surface area (Å²) in [4.78, 5) is 22.4. The third kappa shape index (κ3) is 3.09. The molecule has 0 fully saturated rings. The zero-order chi connectivity index (χ0) is 11.5. The molecule has 1 aliphatic rings. The molecule has 5 nitrogen and oxygen atoms in total. The van der Waals surface area contributed by atoms with E-state index in [0.29, 0.717) is 12.1 Å². The summed E-state index contributed by atoms with van der Waals surface area (Å²) >= 11 is 0. The fraction of sp³-hybridized carbons (Fsp3) is 0.500. The highest BCUT2D eigenvalue weighted by atomic mass is 16.2. The quantitative estimate of drug-likeness (QED) is 0.614. The molecule has 0 aromatic rings. The van der Waals surface area contributed by atoms with E-state index in [9.17, 15) is 9.59 Å². The second-order valence-electron chi connectivity index (χ2n) is 3.82. The van der Waals surface area contributed by atoms with E-state index < -0.39 is 5.54 Å². The molecule has 1 rings (SSSR count). The first kappa shape index (κ1) is 11.2. The van der Waals surface area contributed by atoms with Gasteiger partial charge < -0.3 is 5.32 Å². The van der Waals surface area contributed by atoms with Gasteiger partial charge in [0, 0.05) is 12.8 Å². The molecule has 1 heterocycles. The molecular weight excluding hydrogens is 194 g/mol. The molecule has 2 amide bonds. The number of nitrogens with zero attached hydrogens (tertiary/aromatic N) is 1. The van der Waals surface area contributed by atoms with Crippen LogP contribution in [0.5, 0.6) is 0 Å². The van der Waals surface area contributed by atoms with Crippen molar-refractivity contribution in [2.75, 3.05) is 0 Å². The summed E-state index contributed by atoms with van der Waals surface area (Å²) in [7, 11) is 0. The van der Waals surface area contributed by atoms with Gasteiger partial charge in [0.1, 0.15) is 5.71 Å². The van der Waals surface area contributed by atoms with Crippen molar-refractivity contribution in [1.82, 2.24) is 10.7 Å². The predicted molar refractivity (Wildman–Crippen MR) is 55.9 cm³/mol. The van der Waals surface area contributed by atoms with Crippen LogP contribution in [-0.2, 0) is 9.59 Å². The van der Waals surface area contributed by atoms with Crippen molar-refractivity contribution in [3.05, 3.63) is 0 Å². The van der Waals surface area contributed by atoms with Gasteiger partial charge in [-0.05, 0) is 13.8 Å². The minimum atomic E-state index is -0.707. The van der Waals surface area contributed by atoms with E-state index in [1.807, 2.05) is 0 Å². The van der Waals surface area contributed by atoms with E-state index in [2.05, 4.69) is 21.8 Å². The molecule has 1 aliphatic heterocycles. The van der Waals surface area contributed by atoms with Gasteiger partial charge in [-0.25, -0.2) is 5.43 Å². The number of hydrazone groups is 1. The third-order valence-electron chi connectivity index (χ3n) is 1.95. The SMILES string of the molecule is C#CC(C)(C)NC(=O)C1=NNC(=O)CC1. The second kappa shape index (κ2) is 4.13. The lowest BCUT2D eigenvalue weighted by Crippen LogP contribution is -2.46. The number of rotatable bonds is 2. The van der Waals surface area contributed by atoms with Crippen LogP contribution >= 0.6 is 0 Å². The maximum atomic E-state index is 11.6. The zero-order valence-electron chi connectivity index (χ0n) is 8.76. The molecule has 0 aliphatic carbocycles. The van der Waals surface area contributed by atoms with Crippen molar-refractivity contribution >= 4 is 17.5 Å². The van der Waals surface area contributed by atoms with Crippen molar-refractivity contribution in [2.24, 2.45) is 5.10 Å². The molecule has 2 N–H and O–H groups in total. The topological polar surface area (TPSA) is 70.6 Å². The average molecular weight is 207 g/mol. The maximum absolute atomic E-state index is 11.6. The molecule has 15 heavy (non-hydrogen) atoms. The Hall–Kier alpha value is -1.83. The smallest absolute Gasteiger partial charge is 0.268 e. The Kier molecular flexibility index (Phi) is 3.10. The standard InChI is InChI=1S/C10H13N3O2/c1-4-10(2,3)11-9(15)7-5-6-8(14)13-12-7/h1H,5-6H2,2-3H3,(H,11,15)(H,13,14). The summed E-state index contributed by atoms with van der Waals surface area (Å²) in [5.74, 6) is 1.93. The number of carbonyl (C=O) groups is 2. The summed E-state index contributed by atoms with van der Waals surface area (Å²) in [6.07, 6.45) is 5.86. The highest BCUT2D eigenvalue weighted by Crippen LogP contribution is 2.03. The van der Waals surface area contributed by atoms with Crippen LogP contribution in [0.25, 0.3) is 0 Å². The molecule has 0 saturated carbocycles. The van der Waals surface area contributed by atoms with E-state index >= 15 is 0 Å². The Morgan fingerprint density at radius 2 is 2.27 bits per heavy atom. The number of terminal acetylenes is 1. The van der Waals surface area contributed by atoms with Gasteiger partial charge in [-0.2, -0.15) is 5.10 Å². The Morgan fingerprint density at radius 1 is 1.60 bits per heavy atom. The fourth-order valence-corrected chi connectivity index (χ4v) is 1.03. The summed E-state index contributed by atoms with van der Waals surface area (Å²) in [5, 5.41) is 6.30. The number of hydrogen-bond donors (Lipinski definition) is 2. The number of carbonyl (C=O) groups excluding carboxylic acids is 2. The van der Waals surface area contributed by atoms with Gasteiger partial charge >= 0.3 is 0 Å². The number of nitrogens with one attached hydrogen (secondary N) is 2. The largest absolute Gasteiger partial charge is 0.335 e. The molecule has 80 valence electrons. The third-order valence-corrected chi connectivity index (χ3v) is 1.95. The van der Waals surface area contributed by atoms with Gasteiger partial charge in [0.05, 0.1) is 5.54 Å². The molecular formula is C10H13N3O2. The van der Waals surface area contributed by atoms with Crippen LogP contribution in [0.1, 0.15) is 26.7 Å². The van der Waals surface area contributed by atoms with Crippen molar-refractivity contribution in [3.8, 4) is 12.3 Å². The van der Waals surface area contributed by atoms with Crippen LogP contribution in [0.4, 0.5) is 0 Å². The van der Waals surface area contributed by atoms with Gasteiger partial charge in [0.15, 0.2) is 0 Å². The number of hydrogen-bond acceptors (Lipinski definition) is 3. The molecule has 0 saturated heterocycles. The lowest BCUT2D eigenvalue weighted by Gasteiger charge is -2.21. The van der Waals surface area contributed by atoms with E-state index in [-0.39, 0.29) is 18.2 Å². The summed E-state index contributed by atoms with van der Waals surface area (Å²) in [6, 6.07) is 0. The van der Waals surface area contributed by atoms with E-state index in [1.165, 1.54) is 0 Å². The van der Waals surface area contributed by atoms with Crippen LogP contribution < -0.4 is 10.7 Å². The van der Waals surface area contributed by atoms with Gasteiger partial charge in [-0.15, -0.1) is 6.42 Å². The van der Waals surface area contributed by atoms with Crippen LogP contribution in [-0.4, -0.2) is 23.1 Å². The van der Waals surface area contributed by atoms with Gasteiger partial charge in [0.25, 0.3) is 5.91 Å².